The third-order valence-electron chi connectivity index (χ3n) is 2.26. The zero-order valence-corrected chi connectivity index (χ0v) is 11.5. The fourth-order valence-electron chi connectivity index (χ4n) is 1.47. The van der Waals surface area contributed by atoms with Crippen molar-refractivity contribution in [1.29, 1.82) is 0 Å². The van der Waals surface area contributed by atoms with E-state index in [1.165, 1.54) is 4.88 Å². The van der Waals surface area contributed by atoms with E-state index in [1.807, 2.05) is 29.9 Å². The van der Waals surface area contributed by atoms with Gasteiger partial charge in [-0.25, -0.2) is 0 Å². The number of nitrogens with zero attached hydrogens (tertiary/aromatic N) is 1. The van der Waals surface area contributed by atoms with Gasteiger partial charge in [-0.2, -0.15) is 0 Å². The summed E-state index contributed by atoms with van der Waals surface area (Å²) in [5.74, 6) is 0. The molecule has 1 unspecified atom stereocenters. The Morgan fingerprint density at radius 1 is 1.50 bits per heavy atom. The van der Waals surface area contributed by atoms with E-state index in [-0.39, 0.29) is 6.04 Å². The third-order valence-corrected chi connectivity index (χ3v) is 3.90. The van der Waals surface area contributed by atoms with Crippen LogP contribution >= 0.6 is 38.9 Å². The van der Waals surface area contributed by atoms with E-state index in [9.17, 15) is 0 Å². The Labute approximate surface area is 112 Å². The van der Waals surface area contributed by atoms with E-state index >= 15 is 0 Å². The molecule has 1 atom stereocenters. The van der Waals surface area contributed by atoms with Crippen LogP contribution in [0.4, 0.5) is 0 Å². The maximum atomic E-state index is 6.13. The Morgan fingerprint density at radius 3 is 3.00 bits per heavy atom. The lowest BCUT2D eigenvalue weighted by Gasteiger charge is -2.12. The van der Waals surface area contributed by atoms with Gasteiger partial charge in [-0.3, -0.25) is 4.98 Å². The Bertz CT molecular complexity index is 473. The predicted molar refractivity (Wildman–Crippen MR) is 71.9 cm³/mol. The summed E-state index contributed by atoms with van der Waals surface area (Å²) in [6.45, 7) is 0. The molecule has 2 aromatic rings. The van der Waals surface area contributed by atoms with Crippen LogP contribution in [0.3, 0.4) is 0 Å². The van der Waals surface area contributed by atoms with Crippen molar-refractivity contribution in [2.24, 2.45) is 5.73 Å². The number of hydrogen-bond donors (Lipinski definition) is 1. The molecule has 0 radical (unpaired) electrons. The molecule has 0 aliphatic heterocycles. The van der Waals surface area contributed by atoms with Crippen LogP contribution < -0.4 is 5.73 Å². The standard InChI is InChI=1S/C11H10BrClN2S/c12-7-1-2-10(13)9(3-7)11(14)4-8-5-15-6-16-8/h1-3,5-6,11H,4,14H2. The number of halogens is 2. The summed E-state index contributed by atoms with van der Waals surface area (Å²) in [5, 5.41) is 0.709. The molecule has 84 valence electrons. The molecule has 1 aromatic carbocycles. The van der Waals surface area contributed by atoms with Crippen LogP contribution in [0, 0.1) is 0 Å². The van der Waals surface area contributed by atoms with Crippen molar-refractivity contribution in [1.82, 2.24) is 4.98 Å². The van der Waals surface area contributed by atoms with Crippen molar-refractivity contribution in [3.63, 3.8) is 0 Å². The van der Waals surface area contributed by atoms with Gasteiger partial charge in [-0.15, -0.1) is 11.3 Å². The number of thiazole rings is 1. The molecule has 2 rings (SSSR count). The van der Waals surface area contributed by atoms with Gasteiger partial charge >= 0.3 is 0 Å². The van der Waals surface area contributed by atoms with Crippen molar-refractivity contribution < 1.29 is 0 Å². The molecule has 0 bridgehead atoms. The first-order valence-corrected chi connectivity index (χ1v) is 6.80. The minimum atomic E-state index is -0.0922. The normalized spacial score (nSPS) is 12.7. The molecule has 0 aliphatic carbocycles. The second kappa shape index (κ2) is 5.27. The monoisotopic (exact) mass is 316 g/mol. The number of benzene rings is 1. The molecule has 1 aromatic heterocycles. The highest BCUT2D eigenvalue weighted by Crippen LogP contribution is 2.27. The van der Waals surface area contributed by atoms with Crippen LogP contribution in [0.25, 0.3) is 0 Å². The molecule has 0 amide bonds. The van der Waals surface area contributed by atoms with E-state index in [0.29, 0.717) is 5.02 Å². The quantitative estimate of drug-likeness (QED) is 0.935. The van der Waals surface area contributed by atoms with Crippen molar-refractivity contribution in [2.45, 2.75) is 12.5 Å². The number of nitrogens with two attached hydrogens (primary N) is 1. The van der Waals surface area contributed by atoms with Gasteiger partial charge < -0.3 is 5.73 Å². The summed E-state index contributed by atoms with van der Waals surface area (Å²) in [6.07, 6.45) is 2.61. The Morgan fingerprint density at radius 2 is 2.31 bits per heavy atom. The van der Waals surface area contributed by atoms with Crippen LogP contribution in [0.1, 0.15) is 16.5 Å². The van der Waals surface area contributed by atoms with Crippen molar-refractivity contribution in [2.75, 3.05) is 0 Å². The van der Waals surface area contributed by atoms with Crippen LogP contribution in [0.2, 0.25) is 5.02 Å². The second-order valence-electron chi connectivity index (χ2n) is 3.44. The van der Waals surface area contributed by atoms with Gasteiger partial charge in [0.1, 0.15) is 0 Å². The number of aromatic nitrogens is 1. The molecule has 5 heteroatoms. The molecule has 1 heterocycles. The molecule has 0 fully saturated rings. The van der Waals surface area contributed by atoms with Crippen molar-refractivity contribution in [3.8, 4) is 0 Å². The number of rotatable bonds is 3. The minimum Gasteiger partial charge on any atom is -0.324 e. The molecule has 2 nitrogen and oxygen atoms in total. The summed E-state index contributed by atoms with van der Waals surface area (Å²) in [7, 11) is 0. The van der Waals surface area contributed by atoms with E-state index < -0.39 is 0 Å². The van der Waals surface area contributed by atoms with Gasteiger partial charge in [0.15, 0.2) is 0 Å². The summed E-state index contributed by atoms with van der Waals surface area (Å²) in [6, 6.07) is 5.64. The first kappa shape index (κ1) is 12.0. The average molecular weight is 318 g/mol. The first-order valence-electron chi connectivity index (χ1n) is 4.74. The highest BCUT2D eigenvalue weighted by atomic mass is 79.9. The SMILES string of the molecule is NC(Cc1cncs1)c1cc(Br)ccc1Cl. The fourth-order valence-corrected chi connectivity index (χ4v) is 2.76. The van der Waals surface area contributed by atoms with Gasteiger partial charge in [-0.05, 0) is 23.8 Å². The lowest BCUT2D eigenvalue weighted by molar-refractivity contribution is 0.729. The Balaban J connectivity index is 2.20. The zero-order chi connectivity index (χ0) is 11.5. The molecule has 16 heavy (non-hydrogen) atoms. The summed E-state index contributed by atoms with van der Waals surface area (Å²) >= 11 is 11.1. The zero-order valence-electron chi connectivity index (χ0n) is 8.36. The lowest BCUT2D eigenvalue weighted by Crippen LogP contribution is -2.13. The molecular formula is C11H10BrClN2S. The van der Waals surface area contributed by atoms with Crippen LogP contribution in [0.15, 0.2) is 34.4 Å². The first-order chi connectivity index (χ1) is 7.66. The minimum absolute atomic E-state index is 0.0922. The Kier molecular flexibility index (Phi) is 3.97. The maximum Gasteiger partial charge on any atom is 0.0794 e. The third kappa shape index (κ3) is 2.83. The van der Waals surface area contributed by atoms with Gasteiger partial charge in [0, 0.05) is 33.0 Å². The predicted octanol–water partition coefficient (Wildman–Crippen LogP) is 3.80. The van der Waals surface area contributed by atoms with Gasteiger partial charge in [0.05, 0.1) is 5.51 Å². The van der Waals surface area contributed by atoms with Gasteiger partial charge in [-0.1, -0.05) is 27.5 Å². The van der Waals surface area contributed by atoms with Gasteiger partial charge in [0.25, 0.3) is 0 Å². The van der Waals surface area contributed by atoms with Crippen molar-refractivity contribution >= 4 is 38.9 Å². The van der Waals surface area contributed by atoms with Crippen molar-refractivity contribution in [3.05, 3.63) is 49.8 Å². The highest BCUT2D eigenvalue weighted by molar-refractivity contribution is 9.10. The molecule has 0 aliphatic rings. The summed E-state index contributed by atoms with van der Waals surface area (Å²) < 4.78 is 0.992. The molecule has 2 N–H and O–H groups in total. The Hall–Kier alpha value is -0.420. The summed E-state index contributed by atoms with van der Waals surface area (Å²) in [5.41, 5.74) is 8.90. The second-order valence-corrected chi connectivity index (χ2v) is 5.74. The van der Waals surface area contributed by atoms with Gasteiger partial charge in [0.2, 0.25) is 0 Å². The molecule has 0 spiro atoms. The fraction of sp³-hybridized carbons (Fsp3) is 0.182. The van der Waals surface area contributed by atoms with E-state index in [4.69, 9.17) is 17.3 Å². The molecule has 0 saturated heterocycles. The molecule has 0 saturated carbocycles. The number of hydrogen-bond acceptors (Lipinski definition) is 3. The van der Waals surface area contributed by atoms with Crippen LogP contribution in [0.5, 0.6) is 0 Å². The maximum absolute atomic E-state index is 6.13. The lowest BCUT2D eigenvalue weighted by atomic mass is 10.0. The van der Waals surface area contributed by atoms with E-state index in [1.54, 1.807) is 11.3 Å². The summed E-state index contributed by atoms with van der Waals surface area (Å²) in [4.78, 5) is 5.20. The smallest absolute Gasteiger partial charge is 0.0794 e. The largest absolute Gasteiger partial charge is 0.324 e. The molecular weight excluding hydrogens is 308 g/mol. The van der Waals surface area contributed by atoms with Crippen LogP contribution in [-0.4, -0.2) is 4.98 Å². The topological polar surface area (TPSA) is 38.9 Å². The van der Waals surface area contributed by atoms with E-state index in [0.717, 1.165) is 16.5 Å². The average Bonchev–Trinajstić information content (AvgIpc) is 2.74. The van der Waals surface area contributed by atoms with Crippen LogP contribution in [-0.2, 0) is 6.42 Å². The highest BCUT2D eigenvalue weighted by Gasteiger charge is 2.12. The van der Waals surface area contributed by atoms with E-state index in [2.05, 4.69) is 20.9 Å².